The van der Waals surface area contributed by atoms with E-state index in [0.717, 1.165) is 16.8 Å². The van der Waals surface area contributed by atoms with Crippen molar-refractivity contribution in [3.8, 4) is 5.75 Å². The van der Waals surface area contributed by atoms with Gasteiger partial charge in [-0.2, -0.15) is 13.2 Å². The van der Waals surface area contributed by atoms with Crippen LogP contribution in [0.25, 0.3) is 10.8 Å². The Balaban J connectivity index is 2.03. The number of rotatable bonds is 3. The number of amides is 1. The quantitative estimate of drug-likeness (QED) is 0.496. The van der Waals surface area contributed by atoms with Gasteiger partial charge in [-0.25, -0.2) is 0 Å². The lowest BCUT2D eigenvalue weighted by Crippen LogP contribution is -2.17. The topological polar surface area (TPSA) is 38.3 Å². The monoisotopic (exact) mass is 471 g/mol. The fourth-order valence-corrected chi connectivity index (χ4v) is 3.11. The maximum absolute atomic E-state index is 13.3. The van der Waals surface area contributed by atoms with Crippen LogP contribution < -0.4 is 10.1 Å². The molecule has 0 heterocycles. The van der Waals surface area contributed by atoms with Crippen LogP contribution in [0.2, 0.25) is 0 Å². The van der Waals surface area contributed by atoms with Crippen LogP contribution in [0.1, 0.15) is 15.9 Å². The Kier molecular flexibility index (Phi) is 5.08. The molecular weight excluding hydrogens is 458 g/mol. The summed E-state index contributed by atoms with van der Waals surface area (Å²) in [5, 5.41) is 4.01. The number of nitrogens with one attached hydrogen (secondary N) is 1. The van der Waals surface area contributed by atoms with Crippen molar-refractivity contribution in [2.75, 3.05) is 12.4 Å². The second-order valence-electron chi connectivity index (χ2n) is 5.54. The zero-order valence-corrected chi connectivity index (χ0v) is 15.7. The van der Waals surface area contributed by atoms with Gasteiger partial charge in [-0.15, -0.1) is 0 Å². The number of methoxy groups -OCH3 is 1. The first-order valence-electron chi connectivity index (χ1n) is 7.54. The van der Waals surface area contributed by atoms with E-state index in [1.165, 1.54) is 19.2 Å². The number of hydrogen-bond donors (Lipinski definition) is 1. The highest BCUT2D eigenvalue weighted by atomic mass is 127. The molecule has 3 aromatic carbocycles. The molecular formula is C19H13F3INO2. The van der Waals surface area contributed by atoms with Crippen LogP contribution >= 0.6 is 22.6 Å². The van der Waals surface area contributed by atoms with E-state index in [9.17, 15) is 18.0 Å². The van der Waals surface area contributed by atoms with Gasteiger partial charge in [0, 0.05) is 3.57 Å². The Labute approximate surface area is 161 Å². The second kappa shape index (κ2) is 7.14. The Morgan fingerprint density at radius 1 is 1.04 bits per heavy atom. The highest BCUT2D eigenvalue weighted by Gasteiger charge is 2.34. The number of anilines is 1. The van der Waals surface area contributed by atoms with Crippen molar-refractivity contribution in [1.82, 2.24) is 0 Å². The molecule has 7 heteroatoms. The number of halogens is 4. The summed E-state index contributed by atoms with van der Waals surface area (Å²) < 4.78 is 45.4. The average molecular weight is 471 g/mol. The standard InChI is InChI=1S/C19H13F3INO2/c1-26-17-9-12-5-3-2-4-11(12)8-14(17)18(25)24-16-7-6-13(23)10-15(16)19(20,21)22/h2-10H,1H3,(H,24,25). The second-order valence-corrected chi connectivity index (χ2v) is 6.79. The molecule has 0 atom stereocenters. The Morgan fingerprint density at radius 2 is 1.69 bits per heavy atom. The summed E-state index contributed by atoms with van der Waals surface area (Å²) in [6.45, 7) is 0. The number of benzene rings is 3. The van der Waals surface area contributed by atoms with Gasteiger partial charge in [0.1, 0.15) is 5.75 Å². The average Bonchev–Trinajstić information content (AvgIpc) is 2.61. The predicted octanol–water partition coefficient (Wildman–Crippen LogP) is 5.72. The van der Waals surface area contributed by atoms with Gasteiger partial charge in [0.15, 0.2) is 0 Å². The van der Waals surface area contributed by atoms with Crippen molar-refractivity contribution < 1.29 is 22.7 Å². The summed E-state index contributed by atoms with van der Waals surface area (Å²) in [7, 11) is 1.41. The minimum atomic E-state index is -4.57. The third-order valence-corrected chi connectivity index (χ3v) is 4.52. The maximum Gasteiger partial charge on any atom is 0.418 e. The van der Waals surface area contributed by atoms with Crippen molar-refractivity contribution in [1.29, 1.82) is 0 Å². The van der Waals surface area contributed by atoms with E-state index in [2.05, 4.69) is 5.32 Å². The third-order valence-electron chi connectivity index (χ3n) is 3.85. The zero-order chi connectivity index (χ0) is 18.9. The van der Waals surface area contributed by atoms with Gasteiger partial charge in [-0.1, -0.05) is 24.3 Å². The fourth-order valence-electron chi connectivity index (χ4n) is 2.62. The van der Waals surface area contributed by atoms with Crippen molar-refractivity contribution >= 4 is 45.0 Å². The molecule has 0 aliphatic heterocycles. The van der Waals surface area contributed by atoms with E-state index in [1.54, 1.807) is 34.7 Å². The number of carbonyl (C=O) groups excluding carboxylic acids is 1. The molecule has 1 amide bonds. The number of alkyl halides is 3. The highest BCUT2D eigenvalue weighted by Crippen LogP contribution is 2.36. The van der Waals surface area contributed by atoms with Crippen molar-refractivity contribution in [3.05, 3.63) is 69.3 Å². The Morgan fingerprint density at radius 3 is 2.31 bits per heavy atom. The third kappa shape index (κ3) is 3.77. The molecule has 3 nitrogen and oxygen atoms in total. The van der Waals surface area contributed by atoms with E-state index in [0.29, 0.717) is 9.32 Å². The normalized spacial score (nSPS) is 11.4. The zero-order valence-electron chi connectivity index (χ0n) is 13.5. The van der Waals surface area contributed by atoms with E-state index in [-0.39, 0.29) is 11.3 Å². The molecule has 0 aliphatic carbocycles. The van der Waals surface area contributed by atoms with Crippen molar-refractivity contribution in [2.45, 2.75) is 6.18 Å². The minimum Gasteiger partial charge on any atom is -0.496 e. The molecule has 0 unspecified atom stereocenters. The molecule has 1 N–H and O–H groups in total. The molecule has 0 aromatic heterocycles. The molecule has 0 saturated carbocycles. The highest BCUT2D eigenvalue weighted by molar-refractivity contribution is 14.1. The Bertz CT molecular complexity index is 986. The molecule has 134 valence electrons. The molecule has 0 aliphatic rings. The van der Waals surface area contributed by atoms with Crippen LogP contribution in [-0.4, -0.2) is 13.0 Å². The first-order valence-corrected chi connectivity index (χ1v) is 8.62. The van der Waals surface area contributed by atoms with Crippen LogP contribution in [0.5, 0.6) is 5.75 Å². The van der Waals surface area contributed by atoms with E-state index in [4.69, 9.17) is 4.74 Å². The van der Waals surface area contributed by atoms with E-state index < -0.39 is 17.6 Å². The van der Waals surface area contributed by atoms with Gasteiger partial charge in [-0.3, -0.25) is 4.79 Å². The number of carbonyl (C=O) groups is 1. The molecule has 0 fully saturated rings. The van der Waals surface area contributed by atoms with E-state index in [1.807, 2.05) is 24.3 Å². The van der Waals surface area contributed by atoms with Gasteiger partial charge in [0.2, 0.25) is 0 Å². The lowest BCUT2D eigenvalue weighted by atomic mass is 10.0. The molecule has 0 radical (unpaired) electrons. The molecule has 26 heavy (non-hydrogen) atoms. The molecule has 0 saturated heterocycles. The van der Waals surface area contributed by atoms with Crippen LogP contribution in [0.3, 0.4) is 0 Å². The summed E-state index contributed by atoms with van der Waals surface area (Å²) in [5.41, 5.74) is -1.02. The summed E-state index contributed by atoms with van der Waals surface area (Å²) in [6, 6.07) is 14.4. The molecule has 0 bridgehead atoms. The van der Waals surface area contributed by atoms with Crippen molar-refractivity contribution in [2.24, 2.45) is 0 Å². The molecule has 3 aromatic rings. The first-order chi connectivity index (χ1) is 12.3. The van der Waals surface area contributed by atoms with E-state index >= 15 is 0 Å². The van der Waals surface area contributed by atoms with Crippen LogP contribution in [0.15, 0.2) is 54.6 Å². The number of hydrogen-bond acceptors (Lipinski definition) is 2. The molecule has 3 rings (SSSR count). The van der Waals surface area contributed by atoms with Gasteiger partial charge in [-0.05, 0) is 63.7 Å². The SMILES string of the molecule is COc1cc2ccccc2cc1C(=O)Nc1ccc(I)cc1C(F)(F)F. The fraction of sp³-hybridized carbons (Fsp3) is 0.105. The van der Waals surface area contributed by atoms with Crippen LogP contribution in [-0.2, 0) is 6.18 Å². The van der Waals surface area contributed by atoms with Gasteiger partial charge in [0.05, 0.1) is 23.9 Å². The van der Waals surface area contributed by atoms with Crippen molar-refractivity contribution in [3.63, 3.8) is 0 Å². The largest absolute Gasteiger partial charge is 0.496 e. The lowest BCUT2D eigenvalue weighted by Gasteiger charge is -2.15. The summed E-state index contributed by atoms with van der Waals surface area (Å²) >= 11 is 1.80. The van der Waals surface area contributed by atoms with Gasteiger partial charge < -0.3 is 10.1 Å². The van der Waals surface area contributed by atoms with Crippen LogP contribution in [0, 0.1) is 3.57 Å². The van der Waals surface area contributed by atoms with Gasteiger partial charge in [0.25, 0.3) is 5.91 Å². The predicted molar refractivity (Wildman–Crippen MR) is 103 cm³/mol. The first kappa shape index (κ1) is 18.5. The number of ether oxygens (including phenoxy) is 1. The Hall–Kier alpha value is -2.29. The molecule has 0 spiro atoms. The minimum absolute atomic E-state index is 0.165. The summed E-state index contributed by atoms with van der Waals surface area (Å²) in [5.74, 6) is -0.375. The summed E-state index contributed by atoms with van der Waals surface area (Å²) in [6.07, 6.45) is -4.57. The van der Waals surface area contributed by atoms with Gasteiger partial charge >= 0.3 is 6.18 Å². The summed E-state index contributed by atoms with van der Waals surface area (Å²) in [4.78, 5) is 12.6. The number of fused-ring (bicyclic) bond motifs is 1. The van der Waals surface area contributed by atoms with Crippen LogP contribution in [0.4, 0.5) is 18.9 Å². The lowest BCUT2D eigenvalue weighted by molar-refractivity contribution is -0.137. The smallest absolute Gasteiger partial charge is 0.418 e. The maximum atomic E-state index is 13.3.